The molecular formula is C33H41F2N3O3. The zero-order valence-electron chi connectivity index (χ0n) is 24.9. The second-order valence-corrected chi connectivity index (χ2v) is 12.8. The van der Waals surface area contributed by atoms with Crippen LogP contribution < -0.4 is 4.90 Å². The molecule has 4 rings (SSSR count). The number of hydrogen-bond donors (Lipinski definition) is 1. The number of hydrogen-bond acceptors (Lipinski definition) is 5. The number of aliphatic carboxylic acids is 1. The largest absolute Gasteiger partial charge is 0.479 e. The molecule has 1 atom stereocenters. The molecule has 1 N–H and O–H groups in total. The van der Waals surface area contributed by atoms with Crippen LogP contribution in [0.3, 0.4) is 0 Å². The highest BCUT2D eigenvalue weighted by molar-refractivity contribution is 5.86. The molecule has 1 aromatic carbocycles. The van der Waals surface area contributed by atoms with E-state index in [0.29, 0.717) is 47.3 Å². The molecule has 3 aromatic rings. The maximum absolute atomic E-state index is 15.4. The van der Waals surface area contributed by atoms with Crippen molar-refractivity contribution in [2.45, 2.75) is 85.4 Å². The van der Waals surface area contributed by atoms with Gasteiger partial charge in [-0.25, -0.2) is 13.6 Å². The molecule has 1 aliphatic rings. The first-order valence-corrected chi connectivity index (χ1v) is 14.3. The third kappa shape index (κ3) is 7.67. The summed E-state index contributed by atoms with van der Waals surface area (Å²) in [5.74, 6) is -1.80. The lowest BCUT2D eigenvalue weighted by Gasteiger charge is -2.40. The number of carbonyl (C=O) groups is 1. The number of anilines is 1. The van der Waals surface area contributed by atoms with Gasteiger partial charge in [-0.05, 0) is 89.0 Å². The molecule has 220 valence electrons. The van der Waals surface area contributed by atoms with Crippen molar-refractivity contribution < 1.29 is 23.4 Å². The van der Waals surface area contributed by atoms with E-state index in [-0.39, 0.29) is 11.2 Å². The lowest BCUT2D eigenvalue weighted by molar-refractivity contribution is -0.160. The fourth-order valence-corrected chi connectivity index (χ4v) is 5.30. The van der Waals surface area contributed by atoms with E-state index in [1.54, 1.807) is 31.5 Å². The maximum atomic E-state index is 15.4. The van der Waals surface area contributed by atoms with Crippen LogP contribution in [0.1, 0.15) is 82.5 Å². The fraction of sp³-hybridized carbons (Fsp3) is 0.485. The van der Waals surface area contributed by atoms with Gasteiger partial charge in [0.1, 0.15) is 11.6 Å². The van der Waals surface area contributed by atoms with Crippen molar-refractivity contribution in [2.24, 2.45) is 5.41 Å². The van der Waals surface area contributed by atoms with Gasteiger partial charge in [0, 0.05) is 47.9 Å². The van der Waals surface area contributed by atoms with Gasteiger partial charge < -0.3 is 14.7 Å². The van der Waals surface area contributed by atoms with Crippen LogP contribution in [0.4, 0.5) is 14.5 Å². The average molecular weight is 566 g/mol. The Bertz CT molecular complexity index is 1370. The highest BCUT2D eigenvalue weighted by Gasteiger charge is 2.36. The minimum atomic E-state index is -1.24. The van der Waals surface area contributed by atoms with E-state index in [4.69, 9.17) is 4.74 Å². The number of carboxylic acids is 1. The van der Waals surface area contributed by atoms with Crippen LogP contribution in [0.15, 0.2) is 42.7 Å². The Kier molecular flexibility index (Phi) is 9.12. The van der Waals surface area contributed by atoms with E-state index >= 15 is 4.39 Å². The second kappa shape index (κ2) is 12.2. The molecule has 1 aliphatic heterocycles. The van der Waals surface area contributed by atoms with E-state index < -0.39 is 23.5 Å². The molecule has 3 heterocycles. The summed E-state index contributed by atoms with van der Waals surface area (Å²) in [6.45, 7) is 13.2. The summed E-state index contributed by atoms with van der Waals surface area (Å²) in [6, 6.07) is 7.79. The van der Waals surface area contributed by atoms with Crippen molar-refractivity contribution in [1.82, 2.24) is 9.97 Å². The molecular weight excluding hydrogens is 524 g/mol. The number of rotatable bonds is 9. The summed E-state index contributed by atoms with van der Waals surface area (Å²) in [5, 5.41) is 10.3. The standard InChI is InChI=1S/C33H41F2N3O3/c1-21-28(30(31(39)40)41-32(2,3)4)29(38-16-14-33(5,6)15-17-38)25(20-36-21)23-18-26(35)27(37-19-23)9-7-8-22-10-12-24(34)13-11-22/h10-13,18-20,30H,7-9,14-17H2,1-6H3,(H,39,40)/t30-/m0/s1. The zero-order chi connectivity index (χ0) is 29.9. The summed E-state index contributed by atoms with van der Waals surface area (Å²) in [4.78, 5) is 23.8. The Morgan fingerprint density at radius 1 is 1.07 bits per heavy atom. The van der Waals surface area contributed by atoms with Gasteiger partial charge in [0.25, 0.3) is 0 Å². The van der Waals surface area contributed by atoms with Crippen LogP contribution in [-0.2, 0) is 22.4 Å². The van der Waals surface area contributed by atoms with E-state index in [1.165, 1.54) is 18.2 Å². The Labute approximate surface area is 241 Å². The zero-order valence-corrected chi connectivity index (χ0v) is 24.9. The molecule has 1 saturated heterocycles. The second-order valence-electron chi connectivity index (χ2n) is 12.8. The molecule has 0 spiro atoms. The van der Waals surface area contributed by atoms with E-state index in [1.807, 2.05) is 20.8 Å². The lowest BCUT2D eigenvalue weighted by atomic mass is 9.82. The minimum absolute atomic E-state index is 0.177. The van der Waals surface area contributed by atoms with Crippen LogP contribution in [0.2, 0.25) is 0 Å². The third-order valence-corrected chi connectivity index (χ3v) is 7.70. The predicted molar refractivity (Wildman–Crippen MR) is 157 cm³/mol. The van der Waals surface area contributed by atoms with Gasteiger partial charge in [-0.15, -0.1) is 0 Å². The number of halogens is 2. The Morgan fingerprint density at radius 2 is 1.73 bits per heavy atom. The molecule has 0 amide bonds. The van der Waals surface area contributed by atoms with Gasteiger partial charge in [0.15, 0.2) is 6.10 Å². The Balaban J connectivity index is 1.71. The molecule has 0 saturated carbocycles. The van der Waals surface area contributed by atoms with Crippen molar-refractivity contribution in [3.05, 3.63) is 76.9 Å². The monoisotopic (exact) mass is 565 g/mol. The van der Waals surface area contributed by atoms with Crippen molar-refractivity contribution in [3.63, 3.8) is 0 Å². The van der Waals surface area contributed by atoms with Crippen LogP contribution in [0.5, 0.6) is 0 Å². The minimum Gasteiger partial charge on any atom is -0.479 e. The summed E-state index contributed by atoms with van der Waals surface area (Å²) < 4.78 is 34.7. The number of aromatic nitrogens is 2. The molecule has 8 heteroatoms. The van der Waals surface area contributed by atoms with Gasteiger partial charge in [-0.2, -0.15) is 0 Å². The van der Waals surface area contributed by atoms with Crippen LogP contribution in [0, 0.1) is 24.0 Å². The molecule has 41 heavy (non-hydrogen) atoms. The van der Waals surface area contributed by atoms with Crippen molar-refractivity contribution in [3.8, 4) is 11.1 Å². The summed E-state index contributed by atoms with van der Waals surface area (Å²) in [7, 11) is 0. The molecule has 0 radical (unpaired) electrons. The van der Waals surface area contributed by atoms with Gasteiger partial charge in [-0.3, -0.25) is 9.97 Å². The first-order chi connectivity index (χ1) is 19.2. The lowest BCUT2D eigenvalue weighted by Crippen LogP contribution is -2.39. The van der Waals surface area contributed by atoms with Gasteiger partial charge in [-0.1, -0.05) is 26.0 Å². The van der Waals surface area contributed by atoms with Crippen molar-refractivity contribution in [1.29, 1.82) is 0 Å². The first kappa shape index (κ1) is 30.6. The number of carboxylic acid groups (broad SMARTS) is 1. The van der Waals surface area contributed by atoms with Crippen LogP contribution >= 0.6 is 0 Å². The molecule has 0 unspecified atom stereocenters. The van der Waals surface area contributed by atoms with Crippen molar-refractivity contribution >= 4 is 11.7 Å². The number of pyridine rings is 2. The van der Waals surface area contributed by atoms with Gasteiger partial charge in [0.2, 0.25) is 0 Å². The molecule has 0 aliphatic carbocycles. The molecule has 0 bridgehead atoms. The quantitative estimate of drug-likeness (QED) is 0.290. The maximum Gasteiger partial charge on any atom is 0.337 e. The van der Waals surface area contributed by atoms with E-state index in [9.17, 15) is 14.3 Å². The summed E-state index contributed by atoms with van der Waals surface area (Å²) in [5.41, 5.74) is 3.76. The SMILES string of the molecule is Cc1ncc(-c2cnc(CCCc3ccc(F)cc3)c(F)c2)c(N2CCC(C)(C)CC2)c1[C@H](OC(C)(C)C)C(=O)O. The summed E-state index contributed by atoms with van der Waals surface area (Å²) in [6.07, 6.45) is 5.76. The van der Waals surface area contributed by atoms with Gasteiger partial charge >= 0.3 is 5.97 Å². The number of benzene rings is 1. The predicted octanol–water partition coefficient (Wildman–Crippen LogP) is 7.47. The Hall–Kier alpha value is -3.39. The van der Waals surface area contributed by atoms with Crippen LogP contribution in [0.25, 0.3) is 11.1 Å². The molecule has 6 nitrogen and oxygen atoms in total. The van der Waals surface area contributed by atoms with Crippen molar-refractivity contribution in [2.75, 3.05) is 18.0 Å². The first-order valence-electron chi connectivity index (χ1n) is 14.3. The topological polar surface area (TPSA) is 75.5 Å². The average Bonchev–Trinajstić information content (AvgIpc) is 2.89. The highest BCUT2D eigenvalue weighted by Crippen LogP contribution is 2.43. The third-order valence-electron chi connectivity index (χ3n) is 7.70. The van der Waals surface area contributed by atoms with E-state index in [0.717, 1.165) is 37.2 Å². The fourth-order valence-electron chi connectivity index (χ4n) is 5.30. The number of aryl methyl sites for hydroxylation is 3. The highest BCUT2D eigenvalue weighted by atomic mass is 19.1. The smallest absolute Gasteiger partial charge is 0.337 e. The van der Waals surface area contributed by atoms with E-state index in [2.05, 4.69) is 28.7 Å². The number of nitrogens with zero attached hydrogens (tertiary/aromatic N) is 3. The van der Waals surface area contributed by atoms with Crippen LogP contribution in [-0.4, -0.2) is 39.7 Å². The number of piperidine rings is 1. The van der Waals surface area contributed by atoms with Gasteiger partial charge in [0.05, 0.1) is 17.0 Å². The molecule has 2 aromatic heterocycles. The normalized spacial score (nSPS) is 16.0. The Morgan fingerprint density at radius 3 is 2.32 bits per heavy atom. The number of ether oxygens (including phenoxy) is 1. The molecule has 1 fully saturated rings. The summed E-state index contributed by atoms with van der Waals surface area (Å²) >= 11 is 0.